The predicted molar refractivity (Wildman–Crippen MR) is 136 cm³/mol. The number of aryl methyl sites for hydroxylation is 1. The van der Waals surface area contributed by atoms with Crippen molar-refractivity contribution in [1.82, 2.24) is 15.5 Å². The summed E-state index contributed by atoms with van der Waals surface area (Å²) in [5.74, 6) is 0.432. The molecule has 3 rings (SSSR count). The van der Waals surface area contributed by atoms with Crippen molar-refractivity contribution in [3.8, 4) is 0 Å². The van der Waals surface area contributed by atoms with E-state index in [4.69, 9.17) is 4.74 Å². The third kappa shape index (κ3) is 11.1. The highest BCUT2D eigenvalue weighted by atomic mass is 16.5. The zero-order chi connectivity index (χ0) is 23.9. The lowest BCUT2D eigenvalue weighted by molar-refractivity contribution is -0.120. The van der Waals surface area contributed by atoms with Crippen molar-refractivity contribution in [2.24, 2.45) is 9.98 Å². The van der Waals surface area contributed by atoms with Gasteiger partial charge in [0.25, 0.3) is 6.02 Å². The number of ether oxygens (including phenoxy) is 1. The molecular weight excluding hydrogens is 414 g/mol. The molecule has 7 nitrogen and oxygen atoms in total. The fourth-order valence-electron chi connectivity index (χ4n) is 3.66. The van der Waals surface area contributed by atoms with Gasteiger partial charge >= 0.3 is 0 Å². The largest absolute Gasteiger partial charge is 0.465 e. The maximum atomic E-state index is 11.5. The highest BCUT2D eigenvalue weighted by Gasteiger charge is 2.12. The highest BCUT2D eigenvalue weighted by Crippen LogP contribution is 2.13. The van der Waals surface area contributed by atoms with E-state index in [9.17, 15) is 4.79 Å². The van der Waals surface area contributed by atoms with Crippen LogP contribution in [0.1, 0.15) is 70.4 Å². The number of rotatable bonds is 5. The Morgan fingerprint density at radius 3 is 2.61 bits per heavy atom. The number of nitrogens with zero attached hydrogens (tertiary/aromatic N) is 3. The number of benzene rings is 1. The van der Waals surface area contributed by atoms with E-state index in [1.165, 1.54) is 62.3 Å². The Bertz CT molecular complexity index is 811. The summed E-state index contributed by atoms with van der Waals surface area (Å²) in [6.45, 7) is 12.1. The third-order valence-corrected chi connectivity index (χ3v) is 5.47. The van der Waals surface area contributed by atoms with Crippen molar-refractivity contribution in [3.05, 3.63) is 47.8 Å². The fourth-order valence-corrected chi connectivity index (χ4v) is 3.66. The number of carbonyl (C=O) groups excluding carboxylic acids is 1. The van der Waals surface area contributed by atoms with Gasteiger partial charge in [-0.3, -0.25) is 20.0 Å². The minimum atomic E-state index is -0.447. The molecule has 0 radical (unpaired) electrons. The van der Waals surface area contributed by atoms with Crippen LogP contribution in [-0.4, -0.2) is 48.4 Å². The average molecular weight is 456 g/mol. The minimum absolute atomic E-state index is 0.169. The van der Waals surface area contributed by atoms with Crippen molar-refractivity contribution in [1.29, 1.82) is 0 Å². The molecule has 33 heavy (non-hydrogen) atoms. The monoisotopic (exact) mass is 455 g/mol. The average Bonchev–Trinajstić information content (AvgIpc) is 3.05. The molecule has 7 heteroatoms. The van der Waals surface area contributed by atoms with Gasteiger partial charge in [-0.1, -0.05) is 56.0 Å². The summed E-state index contributed by atoms with van der Waals surface area (Å²) < 4.78 is 5.48. The van der Waals surface area contributed by atoms with Crippen LogP contribution in [0.4, 0.5) is 0 Å². The van der Waals surface area contributed by atoms with Gasteiger partial charge in [0.15, 0.2) is 0 Å². The quantitative estimate of drug-likeness (QED) is 0.640. The predicted octanol–water partition coefficient (Wildman–Crippen LogP) is 4.53. The molecule has 1 fully saturated rings. The Morgan fingerprint density at radius 1 is 1.15 bits per heavy atom. The van der Waals surface area contributed by atoms with Crippen molar-refractivity contribution in [2.45, 2.75) is 78.8 Å². The SMILES string of the molecule is CCCCOC1=N/C=C/NC(=O)C(C)N=C(C)N1.Cc1cccc(CN2CCCCCC2)c1. The third-order valence-electron chi connectivity index (χ3n) is 5.47. The van der Waals surface area contributed by atoms with Gasteiger partial charge in [0.05, 0.1) is 6.61 Å². The van der Waals surface area contributed by atoms with Crippen LogP contribution in [-0.2, 0) is 16.1 Å². The van der Waals surface area contributed by atoms with Gasteiger partial charge in [0.2, 0.25) is 5.91 Å². The van der Waals surface area contributed by atoms with E-state index in [2.05, 4.69) is 63.6 Å². The molecular formula is C26H41N5O2. The van der Waals surface area contributed by atoms with E-state index in [0.717, 1.165) is 19.4 Å². The van der Waals surface area contributed by atoms with Gasteiger partial charge < -0.3 is 10.1 Å². The Labute approximate surface area is 199 Å². The number of likely N-dealkylation sites (tertiary alicyclic amines) is 1. The molecule has 0 spiro atoms. The molecule has 1 aromatic rings. The first kappa shape index (κ1) is 26.6. The Hall–Kier alpha value is -2.67. The van der Waals surface area contributed by atoms with Gasteiger partial charge in [-0.15, -0.1) is 0 Å². The fraction of sp³-hybridized carbons (Fsp3) is 0.577. The Kier molecular flexibility index (Phi) is 12.3. The topological polar surface area (TPSA) is 78.3 Å². The van der Waals surface area contributed by atoms with Crippen LogP contribution < -0.4 is 10.6 Å². The number of nitrogens with one attached hydrogen (secondary N) is 2. The smallest absolute Gasteiger partial charge is 0.294 e. The van der Waals surface area contributed by atoms with Crippen LogP contribution in [0.25, 0.3) is 0 Å². The molecule has 2 heterocycles. The van der Waals surface area contributed by atoms with Crippen molar-refractivity contribution in [2.75, 3.05) is 19.7 Å². The van der Waals surface area contributed by atoms with Crippen LogP contribution in [0.15, 0.2) is 46.7 Å². The number of amides is 1. The second kappa shape index (κ2) is 15.2. The maximum Gasteiger partial charge on any atom is 0.294 e. The second-order valence-electron chi connectivity index (χ2n) is 8.66. The van der Waals surface area contributed by atoms with E-state index in [1.54, 1.807) is 13.8 Å². The molecule has 1 atom stereocenters. The van der Waals surface area contributed by atoms with Gasteiger partial charge in [-0.25, -0.2) is 4.99 Å². The molecule has 2 N–H and O–H groups in total. The van der Waals surface area contributed by atoms with Crippen LogP contribution in [0.2, 0.25) is 0 Å². The van der Waals surface area contributed by atoms with E-state index >= 15 is 0 Å². The Balaban J connectivity index is 0.000000237. The first-order valence-corrected chi connectivity index (χ1v) is 12.2. The molecule has 0 aliphatic carbocycles. The molecule has 0 aromatic heterocycles. The van der Waals surface area contributed by atoms with Crippen LogP contribution in [0.5, 0.6) is 0 Å². The summed E-state index contributed by atoms with van der Waals surface area (Å²) in [6, 6.07) is 8.85. The maximum absolute atomic E-state index is 11.5. The highest BCUT2D eigenvalue weighted by molar-refractivity contribution is 5.97. The molecule has 1 amide bonds. The van der Waals surface area contributed by atoms with Crippen LogP contribution >= 0.6 is 0 Å². The molecule has 1 aromatic carbocycles. The summed E-state index contributed by atoms with van der Waals surface area (Å²) in [4.78, 5) is 22.4. The number of aliphatic imine (C=N–C) groups is 2. The number of amidine groups is 2. The van der Waals surface area contributed by atoms with E-state index < -0.39 is 6.04 Å². The first-order chi connectivity index (χ1) is 16.0. The van der Waals surface area contributed by atoms with E-state index in [-0.39, 0.29) is 5.91 Å². The number of hydrogen-bond donors (Lipinski definition) is 2. The zero-order valence-corrected chi connectivity index (χ0v) is 20.8. The molecule has 1 unspecified atom stereocenters. The van der Waals surface area contributed by atoms with Crippen molar-refractivity contribution in [3.63, 3.8) is 0 Å². The summed E-state index contributed by atoms with van der Waals surface area (Å²) in [6.07, 6.45) is 10.6. The number of unbranched alkanes of at least 4 members (excludes halogenated alkanes) is 1. The Morgan fingerprint density at radius 2 is 1.91 bits per heavy atom. The summed E-state index contributed by atoms with van der Waals surface area (Å²) in [7, 11) is 0. The molecule has 2 aliphatic heterocycles. The van der Waals surface area contributed by atoms with Crippen LogP contribution in [0.3, 0.4) is 0 Å². The van der Waals surface area contributed by atoms with Crippen LogP contribution in [0, 0.1) is 6.92 Å². The van der Waals surface area contributed by atoms with E-state index in [0.29, 0.717) is 18.5 Å². The zero-order valence-electron chi connectivity index (χ0n) is 20.8. The number of hydrogen-bond acceptors (Lipinski definition) is 6. The summed E-state index contributed by atoms with van der Waals surface area (Å²) >= 11 is 0. The molecule has 2 aliphatic rings. The number of carbonyl (C=O) groups is 1. The van der Waals surface area contributed by atoms with Gasteiger partial charge in [0.1, 0.15) is 11.9 Å². The van der Waals surface area contributed by atoms with Gasteiger partial charge in [-0.05, 0) is 58.7 Å². The minimum Gasteiger partial charge on any atom is -0.465 e. The first-order valence-electron chi connectivity index (χ1n) is 12.2. The molecule has 0 saturated carbocycles. The standard InChI is InChI=1S/C14H21N.C12H20N4O2/c1-13-7-6-8-14(11-13)12-15-9-4-2-3-5-10-15;1-4-5-8-18-12-14-7-6-13-11(17)9(2)15-10(3)16-12/h6-8,11H,2-5,9-10,12H2,1H3;6-7,9H,4-5,8H2,1-3H3,(H,13,17)(H,14,15,16)/b;7-6+. The lowest BCUT2D eigenvalue weighted by Gasteiger charge is -2.19. The molecule has 0 bridgehead atoms. The normalized spacial score (nSPS) is 20.6. The lowest BCUT2D eigenvalue weighted by Crippen LogP contribution is -2.35. The van der Waals surface area contributed by atoms with Crippen molar-refractivity contribution < 1.29 is 9.53 Å². The van der Waals surface area contributed by atoms with E-state index in [1.807, 2.05) is 0 Å². The van der Waals surface area contributed by atoms with Gasteiger partial charge in [-0.2, -0.15) is 0 Å². The van der Waals surface area contributed by atoms with Gasteiger partial charge in [0, 0.05) is 18.9 Å². The molecule has 1 saturated heterocycles. The summed E-state index contributed by atoms with van der Waals surface area (Å²) in [5.41, 5.74) is 2.85. The lowest BCUT2D eigenvalue weighted by atomic mass is 10.1. The molecule has 182 valence electrons. The van der Waals surface area contributed by atoms with Crippen molar-refractivity contribution >= 4 is 17.8 Å². The second-order valence-corrected chi connectivity index (χ2v) is 8.66. The summed E-state index contributed by atoms with van der Waals surface area (Å²) in [5, 5.41) is 5.54.